The van der Waals surface area contributed by atoms with Gasteiger partial charge in [-0.05, 0) is 74.2 Å². The van der Waals surface area contributed by atoms with E-state index < -0.39 is 0 Å². The maximum atomic E-state index is 9.20. The van der Waals surface area contributed by atoms with Crippen LogP contribution in [0, 0.1) is 28.6 Å². The van der Waals surface area contributed by atoms with Gasteiger partial charge in [-0.1, -0.05) is 30.7 Å². The first-order valence-electron chi connectivity index (χ1n) is 10.2. The van der Waals surface area contributed by atoms with Crippen molar-refractivity contribution >= 4 is 11.4 Å². The zero-order valence-electron chi connectivity index (χ0n) is 15.9. The first-order valence-corrected chi connectivity index (χ1v) is 10.2. The summed E-state index contributed by atoms with van der Waals surface area (Å²) >= 11 is 0. The fraction of sp³-hybridized carbons (Fsp3) is 0.636. The molecule has 2 saturated carbocycles. The van der Waals surface area contributed by atoms with Crippen molar-refractivity contribution in [1.82, 2.24) is 9.55 Å². The van der Waals surface area contributed by atoms with E-state index in [1.807, 2.05) is 12.5 Å². The highest BCUT2D eigenvalue weighted by Crippen LogP contribution is 2.65. The van der Waals surface area contributed by atoms with Gasteiger partial charge in [-0.3, -0.25) is 0 Å². The Morgan fingerprint density at radius 1 is 1.15 bits per heavy atom. The number of aromatic nitrogens is 2. The van der Waals surface area contributed by atoms with E-state index in [0.717, 1.165) is 36.3 Å². The summed E-state index contributed by atoms with van der Waals surface area (Å²) in [5.74, 6) is 2.34. The predicted octanol–water partition coefficient (Wildman–Crippen LogP) is 5.13. The summed E-state index contributed by atoms with van der Waals surface area (Å²) in [6.07, 6.45) is 19.0. The van der Waals surface area contributed by atoms with Gasteiger partial charge in [0.05, 0.1) is 12.0 Å². The Morgan fingerprint density at radius 3 is 2.81 bits per heavy atom. The maximum absolute atomic E-state index is 9.20. The average Bonchev–Trinajstić information content (AvgIpc) is 3.27. The molecule has 5 rings (SSSR count). The molecule has 1 aromatic heterocycles. The number of hydrogen-bond donors (Lipinski definition) is 1. The fourth-order valence-electron chi connectivity index (χ4n) is 7.00. The van der Waals surface area contributed by atoms with E-state index in [1.165, 1.54) is 37.8 Å². The minimum absolute atomic E-state index is 0.284. The molecule has 4 heteroatoms. The lowest BCUT2D eigenvalue weighted by Gasteiger charge is -2.57. The molecule has 4 nitrogen and oxygen atoms in total. The van der Waals surface area contributed by atoms with Gasteiger partial charge in [-0.2, -0.15) is 0 Å². The van der Waals surface area contributed by atoms with Crippen molar-refractivity contribution in [2.75, 3.05) is 0 Å². The lowest BCUT2D eigenvalue weighted by molar-refractivity contribution is -0.0204. The Kier molecular flexibility index (Phi) is 3.51. The minimum Gasteiger partial charge on any atom is -0.411 e. The van der Waals surface area contributed by atoms with Crippen LogP contribution in [0.2, 0.25) is 0 Å². The number of hydrogen-bond acceptors (Lipinski definition) is 3. The lowest BCUT2D eigenvalue weighted by atomic mass is 9.47. The van der Waals surface area contributed by atoms with Crippen molar-refractivity contribution in [2.45, 2.75) is 58.8 Å². The molecule has 138 valence electrons. The molecule has 5 atom stereocenters. The van der Waals surface area contributed by atoms with Crippen LogP contribution in [0.3, 0.4) is 0 Å². The standard InChI is InChI=1S/C22H29N3O/c1-21-9-7-16(24-26)13-15(21)3-4-17-18-5-6-20(25-12-11-23-14-25)22(18,2)10-8-19(17)21/h6,11-14,17-19,26H,3-5,7-10H2,1-2H3/b24-16+/t17-,18-,19-,21-,22-/m0/s1. The number of allylic oxidation sites excluding steroid dienone is 4. The Hall–Kier alpha value is -1.84. The molecule has 4 aliphatic rings. The van der Waals surface area contributed by atoms with Crippen LogP contribution >= 0.6 is 0 Å². The molecule has 1 N–H and O–H groups in total. The van der Waals surface area contributed by atoms with Gasteiger partial charge < -0.3 is 9.77 Å². The molecule has 0 radical (unpaired) electrons. The fourth-order valence-corrected chi connectivity index (χ4v) is 7.00. The number of rotatable bonds is 1. The molecule has 0 saturated heterocycles. The maximum Gasteiger partial charge on any atom is 0.0989 e. The van der Waals surface area contributed by atoms with E-state index in [4.69, 9.17) is 0 Å². The van der Waals surface area contributed by atoms with Gasteiger partial charge in [0.2, 0.25) is 0 Å². The van der Waals surface area contributed by atoms with Gasteiger partial charge >= 0.3 is 0 Å². The first-order chi connectivity index (χ1) is 12.6. The van der Waals surface area contributed by atoms with E-state index >= 15 is 0 Å². The second-order valence-corrected chi connectivity index (χ2v) is 9.35. The van der Waals surface area contributed by atoms with E-state index in [2.05, 4.69) is 46.9 Å². The highest BCUT2D eigenvalue weighted by Gasteiger charge is 2.57. The molecule has 0 amide bonds. The van der Waals surface area contributed by atoms with E-state index in [0.29, 0.717) is 5.41 Å². The zero-order chi connectivity index (χ0) is 17.9. The molecular formula is C22H29N3O. The Balaban J connectivity index is 1.47. The summed E-state index contributed by atoms with van der Waals surface area (Å²) in [6.45, 7) is 4.99. The number of fused-ring (bicyclic) bond motifs is 5. The van der Waals surface area contributed by atoms with Crippen LogP contribution < -0.4 is 0 Å². The third kappa shape index (κ3) is 2.07. The van der Waals surface area contributed by atoms with Crippen LogP contribution in [0.5, 0.6) is 0 Å². The highest BCUT2D eigenvalue weighted by molar-refractivity contribution is 5.96. The van der Waals surface area contributed by atoms with Crippen molar-refractivity contribution in [3.63, 3.8) is 0 Å². The van der Waals surface area contributed by atoms with Gasteiger partial charge in [0.15, 0.2) is 0 Å². The largest absolute Gasteiger partial charge is 0.411 e. The molecular weight excluding hydrogens is 322 g/mol. The van der Waals surface area contributed by atoms with Crippen LogP contribution in [0.4, 0.5) is 0 Å². The Bertz CT molecular complexity index is 805. The van der Waals surface area contributed by atoms with E-state index in [-0.39, 0.29) is 5.41 Å². The smallest absolute Gasteiger partial charge is 0.0989 e. The van der Waals surface area contributed by atoms with Crippen LogP contribution in [0.1, 0.15) is 58.8 Å². The first kappa shape index (κ1) is 16.3. The van der Waals surface area contributed by atoms with Crippen LogP contribution in [0.15, 0.2) is 41.6 Å². The summed E-state index contributed by atoms with van der Waals surface area (Å²) in [6, 6.07) is 0. The molecule has 0 aromatic carbocycles. The third-order valence-electron chi connectivity index (χ3n) is 8.43. The summed E-state index contributed by atoms with van der Waals surface area (Å²) in [5.41, 5.74) is 4.48. The number of imidazole rings is 1. The highest BCUT2D eigenvalue weighted by atomic mass is 16.4. The molecule has 0 unspecified atom stereocenters. The SMILES string of the molecule is C[C@]12CC/C(=N\O)C=C1CC[C@@H]1[C@@H]2CC[C@]2(C)C(n3ccnc3)=CC[C@@H]12. The second kappa shape index (κ2) is 5.58. The molecule has 2 fully saturated rings. The molecule has 26 heavy (non-hydrogen) atoms. The number of nitrogens with zero attached hydrogens (tertiary/aromatic N) is 3. The minimum atomic E-state index is 0.284. The van der Waals surface area contributed by atoms with Crippen molar-refractivity contribution in [2.24, 2.45) is 33.7 Å². The third-order valence-corrected chi connectivity index (χ3v) is 8.43. The van der Waals surface area contributed by atoms with Gasteiger partial charge in [0.25, 0.3) is 0 Å². The Labute approximate surface area is 155 Å². The van der Waals surface area contributed by atoms with Gasteiger partial charge in [0, 0.05) is 23.5 Å². The van der Waals surface area contributed by atoms with Crippen molar-refractivity contribution < 1.29 is 5.21 Å². The van der Waals surface area contributed by atoms with Crippen LogP contribution in [-0.4, -0.2) is 20.5 Å². The predicted molar refractivity (Wildman–Crippen MR) is 103 cm³/mol. The van der Waals surface area contributed by atoms with Crippen molar-refractivity contribution in [3.8, 4) is 0 Å². The quantitative estimate of drug-likeness (QED) is 0.563. The molecule has 0 spiro atoms. The van der Waals surface area contributed by atoms with Crippen LogP contribution in [0.25, 0.3) is 5.70 Å². The number of oxime groups is 1. The summed E-state index contributed by atoms with van der Waals surface area (Å²) < 4.78 is 2.25. The molecule has 1 aromatic rings. The topological polar surface area (TPSA) is 50.4 Å². The van der Waals surface area contributed by atoms with Crippen molar-refractivity contribution in [1.29, 1.82) is 0 Å². The van der Waals surface area contributed by atoms with Crippen LogP contribution in [-0.2, 0) is 0 Å². The van der Waals surface area contributed by atoms with Gasteiger partial charge in [-0.25, -0.2) is 4.98 Å². The molecule has 0 aliphatic heterocycles. The zero-order valence-corrected chi connectivity index (χ0v) is 15.9. The van der Waals surface area contributed by atoms with E-state index in [9.17, 15) is 5.21 Å². The van der Waals surface area contributed by atoms with Gasteiger partial charge in [-0.15, -0.1) is 0 Å². The second-order valence-electron chi connectivity index (χ2n) is 9.35. The van der Waals surface area contributed by atoms with Crippen molar-refractivity contribution in [3.05, 3.63) is 36.4 Å². The Morgan fingerprint density at radius 2 is 2.04 bits per heavy atom. The van der Waals surface area contributed by atoms with E-state index in [1.54, 1.807) is 5.57 Å². The molecule has 4 aliphatic carbocycles. The molecule has 1 heterocycles. The average molecular weight is 351 g/mol. The summed E-state index contributed by atoms with van der Waals surface area (Å²) in [4.78, 5) is 4.28. The summed E-state index contributed by atoms with van der Waals surface area (Å²) in [7, 11) is 0. The monoisotopic (exact) mass is 351 g/mol. The molecule has 0 bridgehead atoms. The van der Waals surface area contributed by atoms with Gasteiger partial charge in [0.1, 0.15) is 0 Å². The summed E-state index contributed by atoms with van der Waals surface area (Å²) in [5, 5.41) is 12.7. The normalized spacial score (nSPS) is 43.3. The lowest BCUT2D eigenvalue weighted by Crippen LogP contribution is -2.50.